The Labute approximate surface area is 119 Å². The molecule has 2 rings (SSSR count). The fourth-order valence-corrected chi connectivity index (χ4v) is 2.98. The van der Waals surface area contributed by atoms with E-state index in [2.05, 4.69) is 10.3 Å². The Morgan fingerprint density at radius 2 is 1.90 bits per heavy atom. The summed E-state index contributed by atoms with van der Waals surface area (Å²) in [7, 11) is -2.07. The van der Waals surface area contributed by atoms with Crippen molar-refractivity contribution in [3.8, 4) is 0 Å². The number of benzene rings is 1. The summed E-state index contributed by atoms with van der Waals surface area (Å²) in [6.45, 7) is 2.65. The first-order valence-electron chi connectivity index (χ1n) is 6.28. The number of rotatable bonds is 5. The standard InChI is InChI=1S/C14H17N3O2S/c1-3-16-12-9-14(11-15-10-12)20(18,19)17(2)13-7-5-4-6-8-13/h4-11,16H,3H2,1-2H3. The fraction of sp³-hybridized carbons (Fsp3) is 0.214. The molecule has 0 atom stereocenters. The highest BCUT2D eigenvalue weighted by Crippen LogP contribution is 2.22. The lowest BCUT2D eigenvalue weighted by molar-refractivity contribution is 0.594. The Hall–Kier alpha value is -2.08. The second-order valence-corrected chi connectivity index (χ2v) is 6.22. The number of anilines is 2. The van der Waals surface area contributed by atoms with Crippen LogP contribution in [0.4, 0.5) is 11.4 Å². The average molecular weight is 291 g/mol. The third-order valence-electron chi connectivity index (χ3n) is 2.87. The second kappa shape index (κ2) is 5.92. The molecule has 1 aromatic carbocycles. The van der Waals surface area contributed by atoms with Crippen molar-refractivity contribution in [1.82, 2.24) is 4.98 Å². The molecule has 2 aromatic rings. The van der Waals surface area contributed by atoms with Crippen molar-refractivity contribution < 1.29 is 8.42 Å². The summed E-state index contributed by atoms with van der Waals surface area (Å²) in [5.41, 5.74) is 1.30. The van der Waals surface area contributed by atoms with E-state index >= 15 is 0 Å². The first kappa shape index (κ1) is 14.3. The van der Waals surface area contributed by atoms with Crippen LogP contribution in [0.2, 0.25) is 0 Å². The summed E-state index contributed by atoms with van der Waals surface area (Å²) >= 11 is 0. The highest BCUT2D eigenvalue weighted by molar-refractivity contribution is 7.92. The number of hydrogen-bond acceptors (Lipinski definition) is 4. The van der Waals surface area contributed by atoms with E-state index in [9.17, 15) is 8.42 Å². The molecule has 0 saturated heterocycles. The Bertz CT molecular complexity index is 672. The molecule has 1 aromatic heterocycles. The lowest BCUT2D eigenvalue weighted by Gasteiger charge is -2.19. The Balaban J connectivity index is 2.37. The molecule has 0 aliphatic rings. The molecule has 0 saturated carbocycles. The number of hydrogen-bond donors (Lipinski definition) is 1. The Kier molecular flexibility index (Phi) is 4.24. The molecule has 0 radical (unpaired) electrons. The summed E-state index contributed by atoms with van der Waals surface area (Å²) in [6.07, 6.45) is 2.96. The van der Waals surface area contributed by atoms with Crippen LogP contribution in [0.15, 0.2) is 53.7 Å². The molecular formula is C14H17N3O2S. The van der Waals surface area contributed by atoms with Crippen molar-refractivity contribution in [2.24, 2.45) is 0 Å². The van der Waals surface area contributed by atoms with Gasteiger partial charge in [0.05, 0.1) is 17.6 Å². The van der Waals surface area contributed by atoms with E-state index in [-0.39, 0.29) is 4.90 Å². The van der Waals surface area contributed by atoms with E-state index in [1.807, 2.05) is 13.0 Å². The van der Waals surface area contributed by atoms with Gasteiger partial charge >= 0.3 is 0 Å². The summed E-state index contributed by atoms with van der Waals surface area (Å²) in [5.74, 6) is 0. The zero-order valence-corrected chi connectivity index (χ0v) is 12.3. The zero-order valence-electron chi connectivity index (χ0n) is 11.4. The molecule has 6 heteroatoms. The lowest BCUT2D eigenvalue weighted by atomic mass is 10.3. The van der Waals surface area contributed by atoms with E-state index in [0.717, 1.165) is 0 Å². The van der Waals surface area contributed by atoms with Crippen LogP contribution in [-0.4, -0.2) is 27.0 Å². The second-order valence-electron chi connectivity index (χ2n) is 4.25. The van der Waals surface area contributed by atoms with E-state index in [1.54, 1.807) is 36.5 Å². The molecule has 0 unspecified atom stereocenters. The molecule has 1 heterocycles. The topological polar surface area (TPSA) is 62.3 Å². The molecule has 20 heavy (non-hydrogen) atoms. The minimum absolute atomic E-state index is 0.169. The molecule has 0 aliphatic carbocycles. The van der Waals surface area contributed by atoms with Gasteiger partial charge in [-0.05, 0) is 25.1 Å². The van der Waals surface area contributed by atoms with Gasteiger partial charge in [-0.2, -0.15) is 0 Å². The van der Waals surface area contributed by atoms with E-state index in [1.165, 1.54) is 17.5 Å². The van der Waals surface area contributed by atoms with Gasteiger partial charge in [-0.25, -0.2) is 8.42 Å². The molecule has 0 aliphatic heterocycles. The van der Waals surface area contributed by atoms with Gasteiger partial charge in [0.25, 0.3) is 10.0 Å². The fourth-order valence-electron chi connectivity index (χ4n) is 1.80. The number of aromatic nitrogens is 1. The van der Waals surface area contributed by atoms with Crippen molar-refractivity contribution in [2.45, 2.75) is 11.8 Å². The quantitative estimate of drug-likeness (QED) is 0.918. The van der Waals surface area contributed by atoms with Crippen LogP contribution in [0.1, 0.15) is 6.92 Å². The van der Waals surface area contributed by atoms with Crippen LogP contribution in [-0.2, 0) is 10.0 Å². The molecule has 5 nitrogen and oxygen atoms in total. The highest BCUT2D eigenvalue weighted by Gasteiger charge is 2.21. The van der Waals surface area contributed by atoms with E-state index in [4.69, 9.17) is 0 Å². The SMILES string of the molecule is CCNc1cncc(S(=O)(=O)N(C)c2ccccc2)c1. The van der Waals surface area contributed by atoms with E-state index in [0.29, 0.717) is 17.9 Å². The number of nitrogens with one attached hydrogen (secondary N) is 1. The average Bonchev–Trinajstić information content (AvgIpc) is 2.48. The van der Waals surface area contributed by atoms with Crippen molar-refractivity contribution in [2.75, 3.05) is 23.2 Å². The van der Waals surface area contributed by atoms with Crippen LogP contribution in [0, 0.1) is 0 Å². The molecule has 1 N–H and O–H groups in total. The summed E-state index contributed by atoms with van der Waals surface area (Å²) in [4.78, 5) is 4.15. The molecule has 0 spiro atoms. The first-order valence-corrected chi connectivity index (χ1v) is 7.72. The maximum atomic E-state index is 12.5. The van der Waals surface area contributed by atoms with Gasteiger partial charge in [0, 0.05) is 19.8 Å². The molecule has 0 fully saturated rings. The lowest BCUT2D eigenvalue weighted by Crippen LogP contribution is -2.26. The predicted molar refractivity (Wildman–Crippen MR) is 80.4 cm³/mol. The van der Waals surface area contributed by atoms with Gasteiger partial charge in [-0.1, -0.05) is 18.2 Å². The van der Waals surface area contributed by atoms with Crippen molar-refractivity contribution >= 4 is 21.4 Å². The van der Waals surface area contributed by atoms with Crippen LogP contribution < -0.4 is 9.62 Å². The van der Waals surface area contributed by atoms with Gasteiger partial charge in [0.15, 0.2) is 0 Å². The monoisotopic (exact) mass is 291 g/mol. The summed E-state index contributed by atoms with van der Waals surface area (Å²) < 4.78 is 26.3. The van der Waals surface area contributed by atoms with Crippen LogP contribution in [0.3, 0.4) is 0 Å². The molecule has 106 valence electrons. The Morgan fingerprint density at radius 3 is 2.55 bits per heavy atom. The Morgan fingerprint density at radius 1 is 1.20 bits per heavy atom. The van der Waals surface area contributed by atoms with E-state index < -0.39 is 10.0 Å². The molecule has 0 amide bonds. The van der Waals surface area contributed by atoms with Gasteiger partial charge in [0.2, 0.25) is 0 Å². The number of sulfonamides is 1. The zero-order chi connectivity index (χ0) is 14.6. The van der Waals surface area contributed by atoms with Crippen molar-refractivity contribution in [3.63, 3.8) is 0 Å². The number of pyridine rings is 1. The minimum atomic E-state index is -3.60. The van der Waals surface area contributed by atoms with Crippen molar-refractivity contribution in [1.29, 1.82) is 0 Å². The van der Waals surface area contributed by atoms with Crippen molar-refractivity contribution in [3.05, 3.63) is 48.8 Å². The predicted octanol–water partition coefficient (Wildman–Crippen LogP) is 2.34. The molecule has 0 bridgehead atoms. The van der Waals surface area contributed by atoms with Crippen LogP contribution in [0.25, 0.3) is 0 Å². The van der Waals surface area contributed by atoms with Gasteiger partial charge in [-0.15, -0.1) is 0 Å². The maximum Gasteiger partial charge on any atom is 0.265 e. The minimum Gasteiger partial charge on any atom is -0.384 e. The summed E-state index contributed by atoms with van der Waals surface area (Å²) in [6, 6.07) is 10.5. The smallest absolute Gasteiger partial charge is 0.265 e. The number of para-hydroxylation sites is 1. The van der Waals surface area contributed by atoms with Gasteiger partial charge in [-0.3, -0.25) is 9.29 Å². The third-order valence-corrected chi connectivity index (χ3v) is 4.62. The van der Waals surface area contributed by atoms with Gasteiger partial charge in [0.1, 0.15) is 4.90 Å². The first-order chi connectivity index (χ1) is 9.55. The third kappa shape index (κ3) is 2.91. The highest BCUT2D eigenvalue weighted by atomic mass is 32.2. The molecular weight excluding hydrogens is 274 g/mol. The largest absolute Gasteiger partial charge is 0.384 e. The van der Waals surface area contributed by atoms with Gasteiger partial charge < -0.3 is 5.32 Å². The summed E-state index contributed by atoms with van der Waals surface area (Å²) in [5, 5.41) is 3.05. The van der Waals surface area contributed by atoms with Crippen LogP contribution >= 0.6 is 0 Å². The normalized spacial score (nSPS) is 11.1. The maximum absolute atomic E-state index is 12.5. The van der Waals surface area contributed by atoms with Crippen LogP contribution in [0.5, 0.6) is 0 Å². The number of nitrogens with zero attached hydrogens (tertiary/aromatic N) is 2.